The minimum absolute atomic E-state index is 0.0334. The average Bonchev–Trinajstić information content (AvgIpc) is 3.06. The Morgan fingerprint density at radius 3 is 2.43 bits per heavy atom. The van der Waals surface area contributed by atoms with Gasteiger partial charge in [0.15, 0.2) is 5.78 Å². The number of allylic oxidation sites excluding steroid dienone is 1. The van der Waals surface area contributed by atoms with Crippen LogP contribution in [0.25, 0.3) is 0 Å². The van der Waals surface area contributed by atoms with Gasteiger partial charge in [-0.2, -0.15) is 0 Å². The van der Waals surface area contributed by atoms with Crippen LogP contribution >= 0.6 is 0 Å². The van der Waals surface area contributed by atoms with Crippen LogP contribution in [0.3, 0.4) is 0 Å². The Bertz CT molecular complexity index is 896. The van der Waals surface area contributed by atoms with Crippen molar-refractivity contribution in [3.8, 4) is 0 Å². The predicted octanol–water partition coefficient (Wildman–Crippen LogP) is 4.69. The van der Waals surface area contributed by atoms with E-state index in [4.69, 9.17) is 4.74 Å². The lowest BCUT2D eigenvalue weighted by Crippen LogP contribution is -2.60. The molecule has 4 aliphatic rings. The summed E-state index contributed by atoms with van der Waals surface area (Å²) in [4.78, 5) is 25.3. The number of carbonyl (C=O) groups is 2. The van der Waals surface area contributed by atoms with E-state index in [1.165, 1.54) is 6.92 Å². The van der Waals surface area contributed by atoms with E-state index < -0.39 is 12.2 Å². The zero-order valence-corrected chi connectivity index (χ0v) is 23.8. The van der Waals surface area contributed by atoms with Gasteiger partial charge in [-0.05, 0) is 79.1 Å². The standard InChI is InChI=1S/C31H50O6/c1-17(2)20(10-12-32)8-7-18(3)23-15-25(35)28-27-24(34)14-21-13-22(37-19(4)33)9-11-30(21,5)29(27)26(36)16-31(23,28)6/h14,17-18,20,22-23,25-29,32,35-36H,7-13,15-16H2,1-6H3. The molecule has 210 valence electrons. The summed E-state index contributed by atoms with van der Waals surface area (Å²) in [6, 6.07) is 0. The molecule has 0 bridgehead atoms. The van der Waals surface area contributed by atoms with Crippen LogP contribution in [0.1, 0.15) is 92.9 Å². The molecule has 0 aromatic rings. The molecule has 0 saturated heterocycles. The second-order valence-electron chi connectivity index (χ2n) is 13.8. The van der Waals surface area contributed by atoms with E-state index in [-0.39, 0.29) is 59.0 Å². The van der Waals surface area contributed by atoms with E-state index in [1.54, 1.807) is 6.08 Å². The molecule has 0 aromatic heterocycles. The molecule has 0 spiro atoms. The van der Waals surface area contributed by atoms with Crippen LogP contribution in [0.2, 0.25) is 0 Å². The molecule has 4 rings (SSSR count). The second-order valence-corrected chi connectivity index (χ2v) is 13.8. The summed E-state index contributed by atoms with van der Waals surface area (Å²) in [6.45, 7) is 12.7. The van der Waals surface area contributed by atoms with Gasteiger partial charge < -0.3 is 20.1 Å². The smallest absolute Gasteiger partial charge is 0.302 e. The summed E-state index contributed by atoms with van der Waals surface area (Å²) in [7, 11) is 0. The highest BCUT2D eigenvalue weighted by molar-refractivity contribution is 5.94. The van der Waals surface area contributed by atoms with Crippen LogP contribution in [-0.2, 0) is 14.3 Å². The molecule has 0 heterocycles. The molecule has 6 heteroatoms. The highest BCUT2D eigenvalue weighted by Gasteiger charge is 2.66. The number of hydrogen-bond donors (Lipinski definition) is 3. The number of ether oxygens (including phenoxy) is 1. The third-order valence-electron chi connectivity index (χ3n) is 11.4. The van der Waals surface area contributed by atoms with Gasteiger partial charge in [-0.25, -0.2) is 0 Å². The van der Waals surface area contributed by atoms with Gasteiger partial charge in [-0.3, -0.25) is 9.59 Å². The molecule has 11 unspecified atom stereocenters. The highest BCUT2D eigenvalue weighted by atomic mass is 16.5. The molecule has 3 saturated carbocycles. The third-order valence-corrected chi connectivity index (χ3v) is 11.4. The molecule has 0 amide bonds. The van der Waals surface area contributed by atoms with Crippen molar-refractivity contribution in [2.45, 2.75) is 111 Å². The van der Waals surface area contributed by atoms with Crippen LogP contribution in [0.4, 0.5) is 0 Å². The first-order valence-corrected chi connectivity index (χ1v) is 14.7. The van der Waals surface area contributed by atoms with Crippen molar-refractivity contribution >= 4 is 11.8 Å². The Kier molecular flexibility index (Phi) is 8.34. The molecular weight excluding hydrogens is 468 g/mol. The fraction of sp³-hybridized carbons (Fsp3) is 0.871. The van der Waals surface area contributed by atoms with E-state index in [0.29, 0.717) is 37.0 Å². The van der Waals surface area contributed by atoms with Crippen LogP contribution in [0, 0.1) is 52.3 Å². The Hall–Kier alpha value is -1.24. The fourth-order valence-corrected chi connectivity index (χ4v) is 9.46. The first-order valence-electron chi connectivity index (χ1n) is 14.7. The number of aliphatic hydroxyl groups is 3. The zero-order valence-electron chi connectivity index (χ0n) is 23.8. The molecular formula is C31H50O6. The quantitative estimate of drug-likeness (QED) is 0.403. The Balaban J connectivity index is 1.58. The summed E-state index contributed by atoms with van der Waals surface area (Å²) in [5.41, 5.74) is 0.379. The lowest BCUT2D eigenvalue weighted by atomic mass is 9.45. The maximum atomic E-state index is 13.7. The lowest BCUT2D eigenvalue weighted by molar-refractivity contribution is -0.164. The topological polar surface area (TPSA) is 104 Å². The van der Waals surface area contributed by atoms with Crippen LogP contribution in [-0.4, -0.2) is 52.0 Å². The van der Waals surface area contributed by atoms with E-state index >= 15 is 0 Å². The van der Waals surface area contributed by atoms with Crippen molar-refractivity contribution in [1.82, 2.24) is 0 Å². The number of rotatable bonds is 8. The fourth-order valence-electron chi connectivity index (χ4n) is 9.46. The van der Waals surface area contributed by atoms with E-state index in [2.05, 4.69) is 34.6 Å². The Morgan fingerprint density at radius 1 is 1.11 bits per heavy atom. The molecule has 4 aliphatic carbocycles. The Labute approximate surface area is 223 Å². The van der Waals surface area contributed by atoms with Crippen molar-refractivity contribution < 1.29 is 29.6 Å². The summed E-state index contributed by atoms with van der Waals surface area (Å²) < 4.78 is 5.49. The SMILES string of the molecule is CC(=O)OC1CCC2(C)C(=CC(=O)C3C2C(O)CC2(C)C(C(C)CCC(CCO)C(C)C)CC(O)C32)C1. The highest BCUT2D eigenvalue weighted by Crippen LogP contribution is 2.66. The third kappa shape index (κ3) is 5.07. The average molecular weight is 519 g/mol. The molecule has 3 fully saturated rings. The second kappa shape index (κ2) is 10.7. The van der Waals surface area contributed by atoms with Crippen LogP contribution in [0.5, 0.6) is 0 Å². The summed E-state index contributed by atoms with van der Waals surface area (Å²) >= 11 is 0. The van der Waals surface area contributed by atoms with Gasteiger partial charge >= 0.3 is 5.97 Å². The van der Waals surface area contributed by atoms with E-state index in [9.17, 15) is 24.9 Å². The van der Waals surface area contributed by atoms with Gasteiger partial charge in [0.2, 0.25) is 0 Å². The largest absolute Gasteiger partial charge is 0.462 e. The van der Waals surface area contributed by atoms with E-state index in [1.807, 2.05) is 0 Å². The van der Waals surface area contributed by atoms with Gasteiger partial charge in [0.05, 0.1) is 12.2 Å². The number of aliphatic hydroxyl groups excluding tert-OH is 3. The predicted molar refractivity (Wildman–Crippen MR) is 142 cm³/mol. The first-order chi connectivity index (χ1) is 17.3. The maximum absolute atomic E-state index is 13.7. The number of ketones is 1. The lowest BCUT2D eigenvalue weighted by Gasteiger charge is -2.59. The molecule has 6 nitrogen and oxygen atoms in total. The molecule has 0 aromatic carbocycles. The van der Waals surface area contributed by atoms with Gasteiger partial charge in [0, 0.05) is 37.7 Å². The van der Waals surface area contributed by atoms with Crippen molar-refractivity contribution in [3.63, 3.8) is 0 Å². The van der Waals surface area contributed by atoms with Crippen molar-refractivity contribution in [3.05, 3.63) is 11.6 Å². The van der Waals surface area contributed by atoms with Gasteiger partial charge in [0.1, 0.15) is 6.10 Å². The summed E-state index contributed by atoms with van der Waals surface area (Å²) in [5, 5.41) is 32.7. The van der Waals surface area contributed by atoms with Crippen LogP contribution in [0.15, 0.2) is 11.6 Å². The van der Waals surface area contributed by atoms with Gasteiger partial charge in [-0.15, -0.1) is 0 Å². The molecule has 3 N–H and O–H groups in total. The number of fused-ring (bicyclic) bond motifs is 5. The summed E-state index contributed by atoms with van der Waals surface area (Å²) in [6.07, 6.45) is 6.65. The first kappa shape index (κ1) is 28.8. The number of carbonyl (C=O) groups excluding carboxylic acids is 2. The molecule has 37 heavy (non-hydrogen) atoms. The molecule has 0 radical (unpaired) electrons. The Morgan fingerprint density at radius 2 is 1.81 bits per heavy atom. The van der Waals surface area contributed by atoms with Gasteiger partial charge in [-0.1, -0.05) is 46.6 Å². The van der Waals surface area contributed by atoms with Gasteiger partial charge in [0.25, 0.3) is 0 Å². The number of esters is 1. The number of hydrogen-bond acceptors (Lipinski definition) is 6. The van der Waals surface area contributed by atoms with Crippen molar-refractivity contribution in [2.24, 2.45) is 52.3 Å². The van der Waals surface area contributed by atoms with Crippen molar-refractivity contribution in [1.29, 1.82) is 0 Å². The summed E-state index contributed by atoms with van der Waals surface area (Å²) in [5.74, 6) is 0.608. The normalized spacial score (nSPS) is 42.9. The van der Waals surface area contributed by atoms with Crippen molar-refractivity contribution in [2.75, 3.05) is 6.61 Å². The zero-order chi connectivity index (χ0) is 27.3. The minimum atomic E-state index is -0.605. The van der Waals surface area contributed by atoms with E-state index in [0.717, 1.165) is 37.7 Å². The monoisotopic (exact) mass is 518 g/mol. The minimum Gasteiger partial charge on any atom is -0.462 e. The molecule has 0 aliphatic heterocycles. The van der Waals surface area contributed by atoms with Crippen LogP contribution < -0.4 is 0 Å². The maximum Gasteiger partial charge on any atom is 0.302 e. The molecule has 11 atom stereocenters.